The molecule has 0 fully saturated rings. The third-order valence-electron chi connectivity index (χ3n) is 3.06. The van der Waals surface area contributed by atoms with Gasteiger partial charge in [0.1, 0.15) is 0 Å². The molecule has 0 atom stereocenters. The van der Waals surface area contributed by atoms with Crippen LogP contribution < -0.4 is 11.1 Å². The minimum Gasteiger partial charge on any atom is -0.396 e. The first-order valence-electron chi connectivity index (χ1n) is 6.24. The molecule has 4 heteroatoms. The third-order valence-corrected chi connectivity index (χ3v) is 3.99. The van der Waals surface area contributed by atoms with Crippen LogP contribution in [0.1, 0.15) is 4.88 Å². The minimum atomic E-state index is 0.699. The number of rotatable bonds is 4. The van der Waals surface area contributed by atoms with Gasteiger partial charge >= 0.3 is 0 Å². The average molecular weight is 269 g/mol. The number of fused-ring (bicyclic) bond motifs is 1. The Morgan fingerprint density at radius 1 is 1.16 bits per heavy atom. The number of nitrogen functional groups attached to an aromatic ring is 1. The Hall–Kier alpha value is -2.07. The van der Waals surface area contributed by atoms with Crippen molar-refractivity contribution in [3.63, 3.8) is 0 Å². The first-order valence-corrected chi connectivity index (χ1v) is 7.12. The normalized spacial score (nSPS) is 10.7. The summed E-state index contributed by atoms with van der Waals surface area (Å²) in [5.74, 6) is 0. The van der Waals surface area contributed by atoms with Crippen molar-refractivity contribution in [2.45, 2.75) is 6.42 Å². The zero-order chi connectivity index (χ0) is 13.1. The fourth-order valence-electron chi connectivity index (χ4n) is 2.12. The predicted molar refractivity (Wildman–Crippen MR) is 82.7 cm³/mol. The Bertz CT molecular complexity index is 677. The SMILES string of the molecule is Nc1cnc2ccccc2c1NCCc1cccs1. The van der Waals surface area contributed by atoms with Gasteiger partial charge in [-0.2, -0.15) is 0 Å². The van der Waals surface area contributed by atoms with Crippen molar-refractivity contribution < 1.29 is 0 Å². The molecule has 2 aromatic heterocycles. The fraction of sp³-hybridized carbons (Fsp3) is 0.133. The van der Waals surface area contributed by atoms with Gasteiger partial charge in [-0.05, 0) is 23.9 Å². The highest BCUT2D eigenvalue weighted by molar-refractivity contribution is 7.09. The summed E-state index contributed by atoms with van der Waals surface area (Å²) in [7, 11) is 0. The summed E-state index contributed by atoms with van der Waals surface area (Å²) in [5, 5.41) is 6.62. The standard InChI is InChI=1S/C15H15N3S/c16-13-10-18-14-6-2-1-5-12(14)15(13)17-8-7-11-4-3-9-19-11/h1-6,9-10H,7-8,16H2,(H,17,18). The van der Waals surface area contributed by atoms with Crippen LogP contribution in [0.4, 0.5) is 11.4 Å². The number of aromatic nitrogens is 1. The van der Waals surface area contributed by atoms with Crippen molar-refractivity contribution in [3.8, 4) is 0 Å². The Balaban J connectivity index is 1.81. The Kier molecular flexibility index (Phi) is 3.33. The maximum atomic E-state index is 6.02. The number of pyridine rings is 1. The number of anilines is 2. The molecule has 3 rings (SSSR count). The summed E-state index contributed by atoms with van der Waals surface area (Å²) < 4.78 is 0. The van der Waals surface area contributed by atoms with Crippen LogP contribution in [0.15, 0.2) is 48.0 Å². The van der Waals surface area contributed by atoms with E-state index in [0.717, 1.165) is 29.6 Å². The van der Waals surface area contributed by atoms with Crippen LogP contribution in [0.5, 0.6) is 0 Å². The lowest BCUT2D eigenvalue weighted by Crippen LogP contribution is -2.07. The van der Waals surface area contributed by atoms with Gasteiger partial charge < -0.3 is 11.1 Å². The van der Waals surface area contributed by atoms with Crippen LogP contribution in [0.3, 0.4) is 0 Å². The smallest absolute Gasteiger partial charge is 0.0743 e. The first-order chi connectivity index (χ1) is 9.34. The second kappa shape index (κ2) is 5.28. The molecule has 3 nitrogen and oxygen atoms in total. The van der Waals surface area contributed by atoms with Gasteiger partial charge in [0.15, 0.2) is 0 Å². The second-order valence-electron chi connectivity index (χ2n) is 4.36. The van der Waals surface area contributed by atoms with Gasteiger partial charge in [-0.3, -0.25) is 4.98 Å². The average Bonchev–Trinajstić information content (AvgIpc) is 2.94. The maximum Gasteiger partial charge on any atom is 0.0743 e. The van der Waals surface area contributed by atoms with E-state index in [2.05, 4.69) is 27.8 Å². The lowest BCUT2D eigenvalue weighted by Gasteiger charge is -2.11. The Labute approximate surface area is 116 Å². The van der Waals surface area contributed by atoms with Gasteiger partial charge in [-0.1, -0.05) is 24.3 Å². The Morgan fingerprint density at radius 3 is 2.89 bits per heavy atom. The number of hydrogen-bond acceptors (Lipinski definition) is 4. The van der Waals surface area contributed by atoms with Gasteiger partial charge in [0.2, 0.25) is 0 Å². The molecule has 0 spiro atoms. The van der Waals surface area contributed by atoms with Crippen LogP contribution >= 0.6 is 11.3 Å². The fourth-order valence-corrected chi connectivity index (χ4v) is 2.83. The van der Waals surface area contributed by atoms with Gasteiger partial charge in [0.05, 0.1) is 23.1 Å². The van der Waals surface area contributed by atoms with E-state index in [-0.39, 0.29) is 0 Å². The highest BCUT2D eigenvalue weighted by Crippen LogP contribution is 2.27. The molecule has 0 unspecified atom stereocenters. The zero-order valence-electron chi connectivity index (χ0n) is 10.5. The zero-order valence-corrected chi connectivity index (χ0v) is 11.3. The molecule has 0 radical (unpaired) electrons. The Morgan fingerprint density at radius 2 is 2.05 bits per heavy atom. The molecule has 1 aromatic carbocycles. The molecule has 0 saturated carbocycles. The largest absolute Gasteiger partial charge is 0.396 e. The van der Waals surface area contributed by atoms with E-state index in [4.69, 9.17) is 5.73 Å². The summed E-state index contributed by atoms with van der Waals surface area (Å²) >= 11 is 1.78. The van der Waals surface area contributed by atoms with E-state index in [1.807, 2.05) is 24.3 Å². The monoisotopic (exact) mass is 269 g/mol. The third kappa shape index (κ3) is 2.53. The number of nitrogens with two attached hydrogens (primary N) is 1. The highest BCUT2D eigenvalue weighted by Gasteiger charge is 2.05. The lowest BCUT2D eigenvalue weighted by atomic mass is 10.1. The van der Waals surface area contributed by atoms with E-state index in [1.54, 1.807) is 17.5 Å². The number of benzene rings is 1. The molecular formula is C15H15N3S. The lowest BCUT2D eigenvalue weighted by molar-refractivity contribution is 1.05. The van der Waals surface area contributed by atoms with Gasteiger partial charge in [-0.15, -0.1) is 11.3 Å². The molecule has 3 N–H and O–H groups in total. The maximum absolute atomic E-state index is 6.02. The van der Waals surface area contributed by atoms with Crippen LogP contribution in [-0.2, 0) is 6.42 Å². The van der Waals surface area contributed by atoms with Crippen molar-refractivity contribution in [2.75, 3.05) is 17.6 Å². The molecule has 0 bridgehead atoms. The second-order valence-corrected chi connectivity index (χ2v) is 5.39. The van der Waals surface area contributed by atoms with Crippen LogP contribution in [0, 0.1) is 0 Å². The summed E-state index contributed by atoms with van der Waals surface area (Å²) in [4.78, 5) is 5.72. The quantitative estimate of drug-likeness (QED) is 0.761. The molecule has 0 aliphatic carbocycles. The summed E-state index contributed by atoms with van der Waals surface area (Å²) in [6, 6.07) is 12.3. The van der Waals surface area contributed by atoms with Crippen molar-refractivity contribution in [3.05, 3.63) is 52.9 Å². The number of para-hydroxylation sites is 1. The molecule has 19 heavy (non-hydrogen) atoms. The summed E-state index contributed by atoms with van der Waals surface area (Å²) in [6.45, 7) is 0.874. The van der Waals surface area contributed by atoms with Gasteiger partial charge in [0, 0.05) is 16.8 Å². The molecule has 96 valence electrons. The molecule has 3 aromatic rings. The summed E-state index contributed by atoms with van der Waals surface area (Å²) in [5.41, 5.74) is 8.68. The van der Waals surface area contributed by atoms with Crippen molar-refractivity contribution in [1.29, 1.82) is 0 Å². The van der Waals surface area contributed by atoms with E-state index in [9.17, 15) is 0 Å². The van der Waals surface area contributed by atoms with Crippen molar-refractivity contribution >= 4 is 33.6 Å². The van der Waals surface area contributed by atoms with Crippen LogP contribution in [0.2, 0.25) is 0 Å². The molecule has 2 heterocycles. The molecule has 0 aliphatic heterocycles. The van der Waals surface area contributed by atoms with E-state index in [1.165, 1.54) is 4.88 Å². The van der Waals surface area contributed by atoms with Gasteiger partial charge in [-0.25, -0.2) is 0 Å². The predicted octanol–water partition coefficient (Wildman–Crippen LogP) is 3.53. The first kappa shape index (κ1) is 12.0. The molecule has 0 aliphatic rings. The number of nitrogens with one attached hydrogen (secondary N) is 1. The highest BCUT2D eigenvalue weighted by atomic mass is 32.1. The van der Waals surface area contributed by atoms with Crippen molar-refractivity contribution in [1.82, 2.24) is 4.98 Å². The minimum absolute atomic E-state index is 0.699. The molecule has 0 saturated heterocycles. The molecule has 0 amide bonds. The number of nitrogens with zero attached hydrogens (tertiary/aromatic N) is 1. The number of thiophene rings is 1. The number of hydrogen-bond donors (Lipinski definition) is 2. The summed E-state index contributed by atoms with van der Waals surface area (Å²) in [6.07, 6.45) is 2.73. The van der Waals surface area contributed by atoms with Gasteiger partial charge in [0.25, 0.3) is 0 Å². The van der Waals surface area contributed by atoms with Crippen LogP contribution in [0.25, 0.3) is 10.9 Å². The van der Waals surface area contributed by atoms with E-state index in [0.29, 0.717) is 5.69 Å². The van der Waals surface area contributed by atoms with Crippen molar-refractivity contribution in [2.24, 2.45) is 0 Å². The molecular weight excluding hydrogens is 254 g/mol. The topological polar surface area (TPSA) is 50.9 Å². The van der Waals surface area contributed by atoms with Crippen LogP contribution in [-0.4, -0.2) is 11.5 Å². The van der Waals surface area contributed by atoms with E-state index < -0.39 is 0 Å². The van der Waals surface area contributed by atoms with E-state index >= 15 is 0 Å².